The van der Waals surface area contributed by atoms with Crippen LogP contribution in [0.5, 0.6) is 0 Å². The van der Waals surface area contributed by atoms with Gasteiger partial charge in [-0.25, -0.2) is 0 Å². The average Bonchev–Trinajstić information content (AvgIpc) is 3.31. The van der Waals surface area contributed by atoms with Gasteiger partial charge in [-0.15, -0.1) is 0 Å². The maximum Gasteiger partial charge on any atom is 0.264 e. The topological polar surface area (TPSA) is 98.0 Å². The van der Waals surface area contributed by atoms with E-state index in [0.29, 0.717) is 16.5 Å². The molecule has 2 atom stereocenters. The number of nitrogens with one attached hydrogen (secondary N) is 3. The predicted molar refractivity (Wildman–Crippen MR) is 96.4 cm³/mol. The molecule has 0 spiro atoms. The number of para-hydroxylation sites is 2. The Morgan fingerprint density at radius 1 is 0.846 bits per heavy atom. The summed E-state index contributed by atoms with van der Waals surface area (Å²) >= 11 is 0. The minimum Gasteiger partial charge on any atom is -0.374 e. The molecule has 1 fully saturated rings. The number of fused-ring (bicyclic) bond motifs is 2. The van der Waals surface area contributed by atoms with Crippen molar-refractivity contribution < 1.29 is 14.7 Å². The molecule has 2 aromatic carbocycles. The summed E-state index contributed by atoms with van der Waals surface area (Å²) in [7, 11) is 0. The third-order valence-electron chi connectivity index (χ3n) is 5.19. The monoisotopic (exact) mass is 345 g/mol. The second-order valence-corrected chi connectivity index (χ2v) is 6.56. The fourth-order valence-corrected chi connectivity index (χ4v) is 3.96. The van der Waals surface area contributed by atoms with Gasteiger partial charge in [-0.2, -0.15) is 0 Å². The number of hydrogen-bond acceptors (Lipinski definition) is 3. The van der Waals surface area contributed by atoms with Crippen LogP contribution in [-0.4, -0.2) is 26.9 Å². The van der Waals surface area contributed by atoms with Crippen LogP contribution in [0.25, 0.3) is 21.8 Å². The molecule has 3 heterocycles. The summed E-state index contributed by atoms with van der Waals surface area (Å²) in [6.45, 7) is 0. The SMILES string of the molecule is O=C1NC(=O)C(O)(c2c[nH]c3ccccc23)C1c1c[nH]c2ccccc12. The molecule has 4 aromatic rings. The number of hydrogen-bond donors (Lipinski definition) is 4. The van der Waals surface area contributed by atoms with E-state index in [-0.39, 0.29) is 0 Å². The van der Waals surface area contributed by atoms with Crippen molar-refractivity contribution in [2.24, 2.45) is 0 Å². The molecule has 2 amide bonds. The zero-order valence-electron chi connectivity index (χ0n) is 13.6. The van der Waals surface area contributed by atoms with E-state index in [2.05, 4.69) is 15.3 Å². The second-order valence-electron chi connectivity index (χ2n) is 6.56. The van der Waals surface area contributed by atoms with Gasteiger partial charge in [0, 0.05) is 39.8 Å². The van der Waals surface area contributed by atoms with Crippen molar-refractivity contribution in [1.29, 1.82) is 0 Å². The average molecular weight is 345 g/mol. The Morgan fingerprint density at radius 3 is 2.23 bits per heavy atom. The van der Waals surface area contributed by atoms with E-state index >= 15 is 0 Å². The summed E-state index contributed by atoms with van der Waals surface area (Å²) in [4.78, 5) is 31.5. The predicted octanol–water partition coefficient (Wildman–Crippen LogP) is 2.28. The second kappa shape index (κ2) is 5.06. The van der Waals surface area contributed by atoms with Crippen LogP contribution in [0.1, 0.15) is 17.0 Å². The first-order chi connectivity index (χ1) is 12.6. The standard InChI is InChI=1S/C20H15N3O3/c24-18-17(13-9-21-15-7-3-1-5-11(13)15)20(26,19(25)23-18)14-10-22-16-8-4-2-6-12(14)16/h1-10,17,21-22,26H,(H,23,24,25). The highest BCUT2D eigenvalue weighted by atomic mass is 16.3. The molecule has 4 N–H and O–H groups in total. The van der Waals surface area contributed by atoms with E-state index in [4.69, 9.17) is 0 Å². The maximum atomic E-state index is 12.7. The molecule has 2 unspecified atom stereocenters. The molecule has 1 saturated heterocycles. The smallest absolute Gasteiger partial charge is 0.264 e. The molecular formula is C20H15N3O3. The molecule has 6 nitrogen and oxygen atoms in total. The molecule has 1 aliphatic rings. The normalized spacial score (nSPS) is 23.0. The van der Waals surface area contributed by atoms with E-state index in [1.165, 1.54) is 0 Å². The largest absolute Gasteiger partial charge is 0.374 e. The third kappa shape index (κ3) is 1.79. The Balaban J connectivity index is 1.78. The molecule has 0 bridgehead atoms. The summed E-state index contributed by atoms with van der Waals surface area (Å²) in [6, 6.07) is 14.9. The lowest BCUT2D eigenvalue weighted by molar-refractivity contribution is -0.137. The van der Waals surface area contributed by atoms with Crippen LogP contribution < -0.4 is 5.32 Å². The minimum absolute atomic E-state index is 0.395. The van der Waals surface area contributed by atoms with Crippen LogP contribution in [0, 0.1) is 0 Å². The number of aromatic nitrogens is 2. The number of benzene rings is 2. The van der Waals surface area contributed by atoms with Gasteiger partial charge >= 0.3 is 0 Å². The van der Waals surface area contributed by atoms with Gasteiger partial charge in [-0.05, 0) is 17.7 Å². The molecule has 128 valence electrons. The number of rotatable bonds is 2. The molecule has 0 aliphatic carbocycles. The number of aliphatic hydroxyl groups is 1. The van der Waals surface area contributed by atoms with Crippen molar-refractivity contribution in [1.82, 2.24) is 15.3 Å². The van der Waals surface area contributed by atoms with E-state index < -0.39 is 23.3 Å². The zero-order chi connectivity index (χ0) is 17.9. The van der Waals surface area contributed by atoms with E-state index in [1.54, 1.807) is 12.4 Å². The molecule has 0 radical (unpaired) electrons. The van der Waals surface area contributed by atoms with Gasteiger partial charge < -0.3 is 15.1 Å². The van der Waals surface area contributed by atoms with Gasteiger partial charge in [0.05, 0.1) is 0 Å². The first-order valence-corrected chi connectivity index (χ1v) is 8.31. The van der Waals surface area contributed by atoms with Gasteiger partial charge in [0.15, 0.2) is 5.60 Å². The molecule has 1 aliphatic heterocycles. The number of aromatic amines is 2. The van der Waals surface area contributed by atoms with Crippen molar-refractivity contribution in [3.05, 3.63) is 72.1 Å². The Kier molecular flexibility index (Phi) is 2.90. The Morgan fingerprint density at radius 2 is 1.46 bits per heavy atom. The molecule has 2 aromatic heterocycles. The number of H-pyrrole nitrogens is 2. The maximum absolute atomic E-state index is 12.7. The summed E-state index contributed by atoms with van der Waals surface area (Å²) in [5.74, 6) is -2.25. The number of imide groups is 1. The van der Waals surface area contributed by atoms with E-state index in [0.717, 1.165) is 16.4 Å². The first kappa shape index (κ1) is 14.9. The van der Waals surface area contributed by atoms with Crippen molar-refractivity contribution >= 4 is 33.6 Å². The summed E-state index contributed by atoms with van der Waals surface area (Å²) < 4.78 is 0. The summed E-state index contributed by atoms with van der Waals surface area (Å²) in [5, 5.41) is 15.3. The highest BCUT2D eigenvalue weighted by molar-refractivity contribution is 6.14. The number of carbonyl (C=O) groups is 2. The minimum atomic E-state index is -1.98. The fourth-order valence-electron chi connectivity index (χ4n) is 3.96. The summed E-state index contributed by atoms with van der Waals surface area (Å²) in [6.07, 6.45) is 3.29. The van der Waals surface area contributed by atoms with Crippen LogP contribution in [0.15, 0.2) is 60.9 Å². The Labute approximate surface area is 147 Å². The molecular weight excluding hydrogens is 330 g/mol. The number of amides is 2. The Bertz CT molecular complexity index is 1190. The number of carbonyl (C=O) groups excluding carboxylic acids is 2. The molecule has 5 rings (SSSR count). The van der Waals surface area contributed by atoms with Gasteiger partial charge in [0.25, 0.3) is 5.91 Å². The van der Waals surface area contributed by atoms with Crippen molar-refractivity contribution in [2.45, 2.75) is 11.5 Å². The molecule has 0 saturated carbocycles. The lowest BCUT2D eigenvalue weighted by Gasteiger charge is -2.25. The van der Waals surface area contributed by atoms with Gasteiger partial charge in [0.1, 0.15) is 5.92 Å². The van der Waals surface area contributed by atoms with Crippen LogP contribution in [0.2, 0.25) is 0 Å². The van der Waals surface area contributed by atoms with Gasteiger partial charge in [-0.1, -0.05) is 36.4 Å². The lowest BCUT2D eigenvalue weighted by atomic mass is 9.79. The van der Waals surface area contributed by atoms with E-state index in [1.807, 2.05) is 48.5 Å². The van der Waals surface area contributed by atoms with Crippen molar-refractivity contribution in [2.75, 3.05) is 0 Å². The quantitative estimate of drug-likeness (QED) is 0.420. The third-order valence-corrected chi connectivity index (χ3v) is 5.19. The van der Waals surface area contributed by atoms with Gasteiger partial charge in [-0.3, -0.25) is 14.9 Å². The zero-order valence-corrected chi connectivity index (χ0v) is 13.6. The Hall–Kier alpha value is -3.38. The van der Waals surface area contributed by atoms with Crippen LogP contribution in [0.4, 0.5) is 0 Å². The highest BCUT2D eigenvalue weighted by Gasteiger charge is 2.57. The lowest BCUT2D eigenvalue weighted by Crippen LogP contribution is -2.38. The van der Waals surface area contributed by atoms with Crippen LogP contribution >= 0.6 is 0 Å². The van der Waals surface area contributed by atoms with Crippen molar-refractivity contribution in [3.8, 4) is 0 Å². The van der Waals surface area contributed by atoms with Gasteiger partial charge in [0.2, 0.25) is 5.91 Å². The molecule has 26 heavy (non-hydrogen) atoms. The first-order valence-electron chi connectivity index (χ1n) is 8.31. The highest BCUT2D eigenvalue weighted by Crippen LogP contribution is 2.45. The van der Waals surface area contributed by atoms with E-state index in [9.17, 15) is 14.7 Å². The van der Waals surface area contributed by atoms with Crippen LogP contribution in [0.3, 0.4) is 0 Å². The fraction of sp³-hybridized carbons (Fsp3) is 0.100. The van der Waals surface area contributed by atoms with Crippen LogP contribution in [-0.2, 0) is 15.2 Å². The summed E-state index contributed by atoms with van der Waals surface area (Å²) in [5.41, 5.74) is 0.641. The van der Waals surface area contributed by atoms with Crippen molar-refractivity contribution in [3.63, 3.8) is 0 Å². The molecule has 6 heteroatoms.